The SMILES string of the molecule is COc1ccc(NC(=S)Nc2cc(OC)c(OC)c(OC)c2)cc1Cl. The topological polar surface area (TPSA) is 61.0 Å². The first kappa shape index (κ1) is 19.0. The molecular formula is C17H19ClN2O4S. The van der Waals surface area contributed by atoms with E-state index in [2.05, 4.69) is 10.6 Å². The maximum atomic E-state index is 6.11. The number of ether oxygens (including phenoxy) is 4. The molecule has 0 bridgehead atoms. The summed E-state index contributed by atoms with van der Waals surface area (Å²) in [7, 11) is 6.21. The van der Waals surface area contributed by atoms with Gasteiger partial charge >= 0.3 is 0 Å². The Labute approximate surface area is 157 Å². The van der Waals surface area contributed by atoms with Crippen LogP contribution in [0.5, 0.6) is 23.0 Å². The summed E-state index contributed by atoms with van der Waals surface area (Å²) >= 11 is 11.4. The summed E-state index contributed by atoms with van der Waals surface area (Å²) in [4.78, 5) is 0. The van der Waals surface area contributed by atoms with Crippen LogP contribution in [0.25, 0.3) is 0 Å². The first-order chi connectivity index (χ1) is 12.0. The molecule has 0 aliphatic heterocycles. The van der Waals surface area contributed by atoms with Crippen LogP contribution in [0.1, 0.15) is 0 Å². The van der Waals surface area contributed by atoms with E-state index in [1.54, 1.807) is 52.7 Å². The second-order valence-corrected chi connectivity index (χ2v) is 5.66. The Morgan fingerprint density at radius 3 is 1.84 bits per heavy atom. The zero-order chi connectivity index (χ0) is 18.4. The number of nitrogens with one attached hydrogen (secondary N) is 2. The van der Waals surface area contributed by atoms with Gasteiger partial charge in [-0.2, -0.15) is 0 Å². The minimum Gasteiger partial charge on any atom is -0.495 e. The maximum absolute atomic E-state index is 6.11. The van der Waals surface area contributed by atoms with E-state index in [1.807, 2.05) is 6.07 Å². The van der Waals surface area contributed by atoms with Gasteiger partial charge < -0.3 is 29.6 Å². The molecule has 0 atom stereocenters. The number of thiocarbonyl (C=S) groups is 1. The largest absolute Gasteiger partial charge is 0.495 e. The molecule has 2 aromatic rings. The smallest absolute Gasteiger partial charge is 0.203 e. The monoisotopic (exact) mass is 382 g/mol. The molecule has 0 saturated heterocycles. The van der Waals surface area contributed by atoms with Crippen molar-refractivity contribution >= 4 is 40.3 Å². The van der Waals surface area contributed by atoms with Gasteiger partial charge in [0.1, 0.15) is 5.75 Å². The first-order valence-electron chi connectivity index (χ1n) is 7.24. The zero-order valence-electron chi connectivity index (χ0n) is 14.3. The summed E-state index contributed by atoms with van der Waals surface area (Å²) in [6, 6.07) is 8.82. The number of benzene rings is 2. The Morgan fingerprint density at radius 2 is 1.36 bits per heavy atom. The maximum Gasteiger partial charge on any atom is 0.203 e. The van der Waals surface area contributed by atoms with Gasteiger partial charge in [-0.1, -0.05) is 11.6 Å². The molecule has 8 heteroatoms. The van der Waals surface area contributed by atoms with Gasteiger partial charge in [0.2, 0.25) is 5.75 Å². The highest BCUT2D eigenvalue weighted by atomic mass is 35.5. The molecule has 0 spiro atoms. The normalized spacial score (nSPS) is 9.96. The number of anilines is 2. The summed E-state index contributed by atoms with van der Waals surface area (Å²) in [5.41, 5.74) is 1.42. The molecule has 0 unspecified atom stereocenters. The molecule has 0 saturated carbocycles. The molecule has 6 nitrogen and oxygen atoms in total. The van der Waals surface area contributed by atoms with Crippen LogP contribution in [-0.2, 0) is 0 Å². The third-order valence-electron chi connectivity index (χ3n) is 3.33. The van der Waals surface area contributed by atoms with Crippen molar-refractivity contribution in [2.75, 3.05) is 39.1 Å². The minimum absolute atomic E-state index is 0.385. The van der Waals surface area contributed by atoms with E-state index in [1.165, 1.54) is 0 Å². The van der Waals surface area contributed by atoms with Crippen LogP contribution in [-0.4, -0.2) is 33.6 Å². The number of rotatable bonds is 6. The van der Waals surface area contributed by atoms with E-state index in [4.69, 9.17) is 42.8 Å². The summed E-state index contributed by atoms with van der Waals surface area (Å²) in [5.74, 6) is 2.16. The molecule has 0 aliphatic rings. The molecule has 0 heterocycles. The van der Waals surface area contributed by atoms with Crippen molar-refractivity contribution in [1.29, 1.82) is 0 Å². The predicted octanol–water partition coefficient (Wildman–Crippen LogP) is 4.18. The fraction of sp³-hybridized carbons (Fsp3) is 0.235. The van der Waals surface area contributed by atoms with Crippen LogP contribution >= 0.6 is 23.8 Å². The van der Waals surface area contributed by atoms with Crippen LogP contribution < -0.4 is 29.6 Å². The Hall–Kier alpha value is -2.38. The first-order valence-corrected chi connectivity index (χ1v) is 8.02. The highest BCUT2D eigenvalue weighted by Gasteiger charge is 2.14. The van der Waals surface area contributed by atoms with Crippen molar-refractivity contribution in [3.8, 4) is 23.0 Å². The van der Waals surface area contributed by atoms with Gasteiger partial charge in [0.25, 0.3) is 0 Å². The molecule has 0 amide bonds. The third kappa shape index (κ3) is 4.58. The lowest BCUT2D eigenvalue weighted by Gasteiger charge is -2.16. The fourth-order valence-corrected chi connectivity index (χ4v) is 2.68. The van der Waals surface area contributed by atoms with Crippen molar-refractivity contribution in [2.45, 2.75) is 0 Å². The summed E-state index contributed by atoms with van der Waals surface area (Å²) in [5, 5.41) is 7.00. The standard InChI is InChI=1S/C17H19ClN2O4S/c1-21-13-6-5-10(7-12(13)18)19-17(25)20-11-8-14(22-2)16(24-4)15(9-11)23-3/h5-9H,1-4H3,(H2,19,20,25). The van der Waals surface area contributed by atoms with E-state index in [-0.39, 0.29) is 0 Å². The van der Waals surface area contributed by atoms with Gasteiger partial charge in [-0.05, 0) is 30.4 Å². The lowest BCUT2D eigenvalue weighted by atomic mass is 10.2. The van der Waals surface area contributed by atoms with Crippen LogP contribution in [0.3, 0.4) is 0 Å². The zero-order valence-corrected chi connectivity index (χ0v) is 15.9. The second-order valence-electron chi connectivity index (χ2n) is 4.84. The molecule has 0 radical (unpaired) electrons. The Kier molecular flexibility index (Phi) is 6.55. The summed E-state index contributed by atoms with van der Waals surface area (Å²) in [6.07, 6.45) is 0. The number of methoxy groups -OCH3 is 4. The second kappa shape index (κ2) is 8.64. The van der Waals surface area contributed by atoms with Crippen LogP contribution in [0, 0.1) is 0 Å². The third-order valence-corrected chi connectivity index (χ3v) is 3.83. The van der Waals surface area contributed by atoms with Crippen molar-refractivity contribution in [3.05, 3.63) is 35.4 Å². The van der Waals surface area contributed by atoms with E-state index >= 15 is 0 Å². The summed E-state index contributed by atoms with van der Waals surface area (Å²) in [6.45, 7) is 0. The van der Waals surface area contributed by atoms with Gasteiger partial charge in [-0.3, -0.25) is 0 Å². The highest BCUT2D eigenvalue weighted by Crippen LogP contribution is 2.40. The minimum atomic E-state index is 0.385. The van der Waals surface area contributed by atoms with E-state index in [0.29, 0.717) is 38.8 Å². The van der Waals surface area contributed by atoms with Gasteiger partial charge in [-0.15, -0.1) is 0 Å². The lowest BCUT2D eigenvalue weighted by Crippen LogP contribution is -2.19. The van der Waals surface area contributed by atoms with Crippen molar-refractivity contribution < 1.29 is 18.9 Å². The average molecular weight is 383 g/mol. The van der Waals surface area contributed by atoms with E-state index in [9.17, 15) is 0 Å². The Bertz CT molecular complexity index is 745. The van der Waals surface area contributed by atoms with Crippen molar-refractivity contribution in [3.63, 3.8) is 0 Å². The number of hydrogen-bond acceptors (Lipinski definition) is 5. The van der Waals surface area contributed by atoms with Crippen molar-refractivity contribution in [1.82, 2.24) is 0 Å². The molecule has 134 valence electrons. The van der Waals surface area contributed by atoms with Gasteiger partial charge in [0, 0.05) is 23.5 Å². The summed E-state index contributed by atoms with van der Waals surface area (Å²) < 4.78 is 21.1. The highest BCUT2D eigenvalue weighted by molar-refractivity contribution is 7.80. The van der Waals surface area contributed by atoms with E-state index in [0.717, 1.165) is 5.69 Å². The molecular weight excluding hydrogens is 364 g/mol. The van der Waals surface area contributed by atoms with Gasteiger partial charge in [0.15, 0.2) is 16.6 Å². The Morgan fingerprint density at radius 1 is 0.800 bits per heavy atom. The predicted molar refractivity (Wildman–Crippen MR) is 104 cm³/mol. The molecule has 25 heavy (non-hydrogen) atoms. The molecule has 2 N–H and O–H groups in total. The van der Waals surface area contributed by atoms with E-state index < -0.39 is 0 Å². The van der Waals surface area contributed by atoms with Gasteiger partial charge in [0.05, 0.1) is 33.5 Å². The van der Waals surface area contributed by atoms with Crippen molar-refractivity contribution in [2.24, 2.45) is 0 Å². The quantitative estimate of drug-likeness (QED) is 0.726. The molecule has 0 fully saturated rings. The molecule has 2 aromatic carbocycles. The number of halogens is 1. The molecule has 2 rings (SSSR count). The Balaban J connectivity index is 2.16. The molecule has 0 aliphatic carbocycles. The lowest BCUT2D eigenvalue weighted by molar-refractivity contribution is 0.324. The fourth-order valence-electron chi connectivity index (χ4n) is 2.19. The molecule has 0 aromatic heterocycles. The van der Waals surface area contributed by atoms with Crippen LogP contribution in [0.2, 0.25) is 5.02 Å². The van der Waals surface area contributed by atoms with Crippen LogP contribution in [0.4, 0.5) is 11.4 Å². The number of hydrogen-bond donors (Lipinski definition) is 2. The van der Waals surface area contributed by atoms with Crippen LogP contribution in [0.15, 0.2) is 30.3 Å². The average Bonchev–Trinajstić information content (AvgIpc) is 2.60. The van der Waals surface area contributed by atoms with Gasteiger partial charge in [-0.25, -0.2) is 0 Å².